The number of rotatable bonds is 9. The Labute approximate surface area is 172 Å². The summed E-state index contributed by atoms with van der Waals surface area (Å²) < 4.78 is 11.6. The normalized spacial score (nSPS) is 14.5. The summed E-state index contributed by atoms with van der Waals surface area (Å²) in [4.78, 5) is 23.4. The SMILES string of the molecule is CCCOc1ccc(NC(=O)C2CCN(c3cnccn3)CC2)cc1OCCC. The summed E-state index contributed by atoms with van der Waals surface area (Å²) in [7, 11) is 0. The van der Waals surface area contributed by atoms with E-state index in [1.54, 1.807) is 18.6 Å². The topological polar surface area (TPSA) is 76.6 Å². The van der Waals surface area contributed by atoms with Crippen molar-refractivity contribution in [2.75, 3.05) is 36.5 Å². The maximum Gasteiger partial charge on any atom is 0.227 e. The van der Waals surface area contributed by atoms with Gasteiger partial charge >= 0.3 is 0 Å². The number of aromatic nitrogens is 2. The molecule has 1 aromatic carbocycles. The van der Waals surface area contributed by atoms with Gasteiger partial charge in [0.25, 0.3) is 0 Å². The number of nitrogens with one attached hydrogen (secondary N) is 1. The summed E-state index contributed by atoms with van der Waals surface area (Å²) in [5.41, 5.74) is 0.737. The molecule has 0 radical (unpaired) electrons. The molecule has 1 amide bonds. The van der Waals surface area contributed by atoms with Gasteiger partial charge in [0.1, 0.15) is 5.82 Å². The molecule has 0 bridgehead atoms. The monoisotopic (exact) mass is 398 g/mol. The third-order valence-corrected chi connectivity index (χ3v) is 4.87. The molecule has 0 unspecified atom stereocenters. The van der Waals surface area contributed by atoms with Crippen molar-refractivity contribution >= 4 is 17.4 Å². The molecular weight excluding hydrogens is 368 g/mol. The Morgan fingerprint density at radius 2 is 1.83 bits per heavy atom. The standard InChI is InChI=1S/C22H30N4O3/c1-3-13-28-19-6-5-18(15-20(19)29-14-4-2)25-22(27)17-7-11-26(12-8-17)21-16-23-9-10-24-21/h5-6,9-10,15-17H,3-4,7-8,11-14H2,1-2H3,(H,25,27). The van der Waals surface area contributed by atoms with Crippen molar-refractivity contribution < 1.29 is 14.3 Å². The summed E-state index contributed by atoms with van der Waals surface area (Å²) in [6.45, 7) is 6.97. The highest BCUT2D eigenvalue weighted by atomic mass is 16.5. The lowest BCUT2D eigenvalue weighted by atomic mass is 9.96. The Morgan fingerprint density at radius 3 is 2.48 bits per heavy atom. The van der Waals surface area contributed by atoms with E-state index < -0.39 is 0 Å². The van der Waals surface area contributed by atoms with Crippen LogP contribution in [-0.4, -0.2) is 42.2 Å². The molecule has 1 fully saturated rings. The second-order valence-electron chi connectivity index (χ2n) is 7.17. The Morgan fingerprint density at radius 1 is 1.10 bits per heavy atom. The molecule has 1 aliphatic rings. The van der Waals surface area contributed by atoms with Gasteiger partial charge in [-0.25, -0.2) is 4.98 Å². The summed E-state index contributed by atoms with van der Waals surface area (Å²) >= 11 is 0. The van der Waals surface area contributed by atoms with Crippen LogP contribution in [0.2, 0.25) is 0 Å². The third kappa shape index (κ3) is 5.82. The maximum absolute atomic E-state index is 12.8. The quantitative estimate of drug-likeness (QED) is 0.690. The van der Waals surface area contributed by atoms with Crippen molar-refractivity contribution in [3.05, 3.63) is 36.8 Å². The van der Waals surface area contributed by atoms with Crippen LogP contribution in [0.4, 0.5) is 11.5 Å². The van der Waals surface area contributed by atoms with Crippen LogP contribution in [0.15, 0.2) is 36.8 Å². The number of anilines is 2. The molecule has 156 valence electrons. The minimum absolute atomic E-state index is 0.0149. The van der Waals surface area contributed by atoms with Crippen LogP contribution in [0.3, 0.4) is 0 Å². The van der Waals surface area contributed by atoms with Gasteiger partial charge in [0.15, 0.2) is 11.5 Å². The lowest BCUT2D eigenvalue weighted by Crippen LogP contribution is -2.38. The number of carbonyl (C=O) groups excluding carboxylic acids is 1. The molecule has 0 aliphatic carbocycles. The van der Waals surface area contributed by atoms with Gasteiger partial charge in [0.05, 0.1) is 19.4 Å². The molecule has 2 heterocycles. The first-order valence-corrected chi connectivity index (χ1v) is 10.4. The zero-order valence-corrected chi connectivity index (χ0v) is 17.3. The second kappa shape index (κ2) is 10.6. The van der Waals surface area contributed by atoms with Crippen molar-refractivity contribution in [1.82, 2.24) is 9.97 Å². The van der Waals surface area contributed by atoms with Gasteiger partial charge in [0, 0.05) is 43.2 Å². The highest BCUT2D eigenvalue weighted by molar-refractivity contribution is 5.93. The summed E-state index contributed by atoms with van der Waals surface area (Å²) in [5.74, 6) is 2.30. The third-order valence-electron chi connectivity index (χ3n) is 4.87. The Hall–Kier alpha value is -2.83. The molecule has 0 spiro atoms. The molecule has 29 heavy (non-hydrogen) atoms. The first-order chi connectivity index (χ1) is 14.2. The van der Waals surface area contributed by atoms with Crippen LogP contribution in [0.25, 0.3) is 0 Å². The minimum atomic E-state index is -0.0149. The van der Waals surface area contributed by atoms with Crippen LogP contribution in [0.5, 0.6) is 11.5 Å². The number of hydrogen-bond donors (Lipinski definition) is 1. The first kappa shape index (κ1) is 20.9. The average Bonchev–Trinajstić information content (AvgIpc) is 2.77. The fourth-order valence-corrected chi connectivity index (χ4v) is 3.31. The molecule has 1 saturated heterocycles. The zero-order chi connectivity index (χ0) is 20.5. The lowest BCUT2D eigenvalue weighted by molar-refractivity contribution is -0.120. The van der Waals surface area contributed by atoms with Crippen LogP contribution < -0.4 is 19.7 Å². The highest BCUT2D eigenvalue weighted by Crippen LogP contribution is 2.31. The molecule has 3 rings (SSSR count). The molecular formula is C22H30N4O3. The molecule has 7 nitrogen and oxygen atoms in total. The van der Waals surface area contributed by atoms with Crippen molar-refractivity contribution in [2.24, 2.45) is 5.92 Å². The largest absolute Gasteiger partial charge is 0.490 e. The van der Waals surface area contributed by atoms with Gasteiger partial charge in [0.2, 0.25) is 5.91 Å². The predicted octanol–water partition coefficient (Wildman–Crippen LogP) is 3.91. The van der Waals surface area contributed by atoms with E-state index in [-0.39, 0.29) is 11.8 Å². The van der Waals surface area contributed by atoms with E-state index in [9.17, 15) is 4.79 Å². The highest BCUT2D eigenvalue weighted by Gasteiger charge is 2.26. The van der Waals surface area contributed by atoms with Gasteiger partial charge in [-0.1, -0.05) is 13.8 Å². The predicted molar refractivity (Wildman–Crippen MR) is 114 cm³/mol. The molecule has 0 atom stereocenters. The van der Waals surface area contributed by atoms with Crippen LogP contribution in [-0.2, 0) is 4.79 Å². The molecule has 1 aliphatic heterocycles. The van der Waals surface area contributed by atoms with Gasteiger partial charge in [-0.15, -0.1) is 0 Å². The second-order valence-corrected chi connectivity index (χ2v) is 7.17. The van der Waals surface area contributed by atoms with E-state index in [2.05, 4.69) is 34.0 Å². The number of benzene rings is 1. The Bertz CT molecular complexity index is 777. The number of piperidine rings is 1. The van der Waals surface area contributed by atoms with Gasteiger partial charge < -0.3 is 19.7 Å². The summed E-state index contributed by atoms with van der Waals surface area (Å²) in [5, 5.41) is 3.05. The van der Waals surface area contributed by atoms with Gasteiger partial charge in [-0.05, 0) is 37.8 Å². The number of hydrogen-bond acceptors (Lipinski definition) is 6. The summed E-state index contributed by atoms with van der Waals surface area (Å²) in [6.07, 6.45) is 8.55. The number of nitrogens with zero attached hydrogens (tertiary/aromatic N) is 3. The van der Waals surface area contributed by atoms with Crippen molar-refractivity contribution in [1.29, 1.82) is 0 Å². The minimum Gasteiger partial charge on any atom is -0.490 e. The molecule has 1 N–H and O–H groups in total. The Kier molecular flexibility index (Phi) is 7.67. The van der Waals surface area contributed by atoms with Gasteiger partial charge in [-0.3, -0.25) is 9.78 Å². The fraction of sp³-hybridized carbons (Fsp3) is 0.500. The van der Waals surface area contributed by atoms with Crippen molar-refractivity contribution in [3.63, 3.8) is 0 Å². The number of amides is 1. The van der Waals surface area contributed by atoms with Crippen LogP contribution >= 0.6 is 0 Å². The lowest BCUT2D eigenvalue weighted by Gasteiger charge is -2.31. The van der Waals surface area contributed by atoms with E-state index in [1.807, 2.05) is 18.2 Å². The van der Waals surface area contributed by atoms with Crippen molar-refractivity contribution in [2.45, 2.75) is 39.5 Å². The van der Waals surface area contributed by atoms with Crippen LogP contribution in [0.1, 0.15) is 39.5 Å². The fourth-order valence-electron chi connectivity index (χ4n) is 3.31. The average molecular weight is 399 g/mol. The summed E-state index contributed by atoms with van der Waals surface area (Å²) in [6, 6.07) is 5.59. The van der Waals surface area contributed by atoms with E-state index in [0.717, 1.165) is 56.0 Å². The van der Waals surface area contributed by atoms with E-state index >= 15 is 0 Å². The van der Waals surface area contributed by atoms with Crippen molar-refractivity contribution in [3.8, 4) is 11.5 Å². The number of carbonyl (C=O) groups is 1. The first-order valence-electron chi connectivity index (χ1n) is 10.4. The molecule has 0 saturated carbocycles. The Balaban J connectivity index is 1.58. The zero-order valence-electron chi connectivity index (χ0n) is 17.3. The van der Waals surface area contributed by atoms with Gasteiger partial charge in [-0.2, -0.15) is 0 Å². The molecule has 2 aromatic rings. The number of ether oxygens (including phenoxy) is 2. The van der Waals surface area contributed by atoms with E-state index in [1.165, 1.54) is 0 Å². The smallest absolute Gasteiger partial charge is 0.227 e. The van der Waals surface area contributed by atoms with E-state index in [0.29, 0.717) is 19.0 Å². The molecule has 7 heteroatoms. The maximum atomic E-state index is 12.8. The van der Waals surface area contributed by atoms with Crippen LogP contribution in [0, 0.1) is 5.92 Å². The van der Waals surface area contributed by atoms with E-state index in [4.69, 9.17) is 9.47 Å². The molecule has 1 aromatic heterocycles.